The molecule has 26 heavy (non-hydrogen) atoms. The average molecular weight is 357 g/mol. The maximum atomic E-state index is 12.1. The second kappa shape index (κ2) is 8.11. The first-order valence-electron chi connectivity index (χ1n) is 7.87. The minimum absolute atomic E-state index is 0.124. The van der Waals surface area contributed by atoms with Gasteiger partial charge in [-0.25, -0.2) is 0 Å². The van der Waals surface area contributed by atoms with Crippen LogP contribution in [0, 0.1) is 24.0 Å². The maximum absolute atomic E-state index is 12.1. The fourth-order valence-electron chi connectivity index (χ4n) is 2.12. The number of benzene rings is 2. The van der Waals surface area contributed by atoms with Crippen molar-refractivity contribution in [3.63, 3.8) is 0 Å². The van der Waals surface area contributed by atoms with Crippen LogP contribution in [-0.2, 0) is 4.79 Å². The molecular weight excluding hydrogens is 338 g/mol. The molecule has 0 bridgehead atoms. The third-order valence-corrected chi connectivity index (χ3v) is 3.87. The van der Waals surface area contributed by atoms with Gasteiger partial charge in [-0.2, -0.15) is 0 Å². The summed E-state index contributed by atoms with van der Waals surface area (Å²) >= 11 is 0. The molecule has 0 aliphatic carbocycles. The van der Waals surface area contributed by atoms with Gasteiger partial charge in [0, 0.05) is 17.7 Å². The van der Waals surface area contributed by atoms with Crippen molar-refractivity contribution in [1.29, 1.82) is 0 Å². The highest BCUT2D eigenvalue weighted by atomic mass is 16.6. The summed E-state index contributed by atoms with van der Waals surface area (Å²) in [5.74, 6) is -0.525. The number of amides is 2. The summed E-state index contributed by atoms with van der Waals surface area (Å²) in [6, 6.07) is 10.6. The van der Waals surface area contributed by atoms with Gasteiger partial charge in [0.15, 0.2) is 6.10 Å². The van der Waals surface area contributed by atoms with Crippen molar-refractivity contribution in [2.75, 3.05) is 0 Å². The van der Waals surface area contributed by atoms with E-state index in [9.17, 15) is 19.7 Å². The lowest BCUT2D eigenvalue weighted by atomic mass is 10.1. The van der Waals surface area contributed by atoms with Crippen LogP contribution in [0.1, 0.15) is 28.4 Å². The van der Waals surface area contributed by atoms with E-state index in [1.54, 1.807) is 13.0 Å². The minimum atomic E-state index is -0.826. The maximum Gasteiger partial charge on any atom is 0.279 e. The smallest absolute Gasteiger partial charge is 0.279 e. The highest BCUT2D eigenvalue weighted by Gasteiger charge is 2.17. The molecule has 0 saturated heterocycles. The Hall–Kier alpha value is -3.42. The number of rotatable bonds is 5. The monoisotopic (exact) mass is 357 g/mol. The number of nitrogens with zero attached hydrogens (tertiary/aromatic N) is 1. The normalized spacial score (nSPS) is 11.3. The van der Waals surface area contributed by atoms with E-state index in [1.165, 1.54) is 24.3 Å². The van der Waals surface area contributed by atoms with E-state index >= 15 is 0 Å². The highest BCUT2D eigenvalue weighted by Crippen LogP contribution is 2.21. The zero-order valence-electron chi connectivity index (χ0n) is 14.6. The van der Waals surface area contributed by atoms with Crippen LogP contribution in [0.3, 0.4) is 0 Å². The van der Waals surface area contributed by atoms with Gasteiger partial charge in [-0.1, -0.05) is 12.1 Å². The van der Waals surface area contributed by atoms with Gasteiger partial charge >= 0.3 is 0 Å². The van der Waals surface area contributed by atoms with E-state index in [2.05, 4.69) is 10.9 Å². The van der Waals surface area contributed by atoms with E-state index in [0.717, 1.165) is 11.1 Å². The van der Waals surface area contributed by atoms with E-state index < -0.39 is 22.8 Å². The molecule has 0 heterocycles. The van der Waals surface area contributed by atoms with Crippen molar-refractivity contribution in [1.82, 2.24) is 10.9 Å². The van der Waals surface area contributed by atoms with Gasteiger partial charge in [-0.15, -0.1) is 0 Å². The van der Waals surface area contributed by atoms with Crippen molar-refractivity contribution in [3.8, 4) is 5.75 Å². The summed E-state index contributed by atoms with van der Waals surface area (Å²) in [4.78, 5) is 34.1. The first-order chi connectivity index (χ1) is 12.3. The minimum Gasteiger partial charge on any atom is -0.481 e. The number of ether oxygens (including phenoxy) is 1. The lowest BCUT2D eigenvalue weighted by Gasteiger charge is -2.17. The van der Waals surface area contributed by atoms with Crippen LogP contribution in [0.4, 0.5) is 5.69 Å². The fourth-order valence-corrected chi connectivity index (χ4v) is 2.12. The van der Waals surface area contributed by atoms with Crippen LogP contribution in [0.2, 0.25) is 0 Å². The molecular formula is C18H19N3O5. The SMILES string of the molecule is Cc1cccc(O[C@H](C)C(=O)NNC(=O)c2ccc([N+](=O)[O-])cc2)c1C. The molecule has 2 aromatic rings. The molecule has 2 aromatic carbocycles. The van der Waals surface area contributed by atoms with Crippen LogP contribution >= 0.6 is 0 Å². The summed E-state index contributed by atoms with van der Waals surface area (Å²) in [7, 11) is 0. The highest BCUT2D eigenvalue weighted by molar-refractivity contribution is 5.95. The van der Waals surface area contributed by atoms with Gasteiger partial charge in [-0.05, 0) is 50.1 Å². The van der Waals surface area contributed by atoms with Crippen LogP contribution in [0.25, 0.3) is 0 Å². The average Bonchev–Trinajstić information content (AvgIpc) is 2.63. The fraction of sp³-hybridized carbons (Fsp3) is 0.222. The number of hydrazine groups is 1. The molecule has 8 nitrogen and oxygen atoms in total. The third-order valence-electron chi connectivity index (χ3n) is 3.87. The Bertz CT molecular complexity index is 833. The zero-order chi connectivity index (χ0) is 19.3. The van der Waals surface area contributed by atoms with E-state index in [-0.39, 0.29) is 11.3 Å². The van der Waals surface area contributed by atoms with Crippen molar-refractivity contribution in [2.24, 2.45) is 0 Å². The number of hydrogen-bond donors (Lipinski definition) is 2. The van der Waals surface area contributed by atoms with Crippen LogP contribution in [0.5, 0.6) is 5.75 Å². The second-order valence-electron chi connectivity index (χ2n) is 5.71. The van der Waals surface area contributed by atoms with Crippen molar-refractivity contribution >= 4 is 17.5 Å². The van der Waals surface area contributed by atoms with Crippen molar-refractivity contribution < 1.29 is 19.2 Å². The van der Waals surface area contributed by atoms with E-state index in [4.69, 9.17) is 4.74 Å². The summed E-state index contributed by atoms with van der Waals surface area (Å²) in [5.41, 5.74) is 6.56. The molecule has 8 heteroatoms. The molecule has 0 spiro atoms. The van der Waals surface area contributed by atoms with Gasteiger partial charge in [0.1, 0.15) is 5.75 Å². The molecule has 0 aliphatic heterocycles. The number of aryl methyl sites for hydroxylation is 1. The Morgan fingerprint density at radius 2 is 1.73 bits per heavy atom. The quantitative estimate of drug-likeness (QED) is 0.631. The standard InChI is InChI=1S/C18H19N3O5/c1-11-5-4-6-16(12(11)2)26-13(3)17(22)19-20-18(23)14-7-9-15(10-8-14)21(24)25/h4-10,13H,1-3H3,(H,19,22)(H,20,23)/t13-/m1/s1. The lowest BCUT2D eigenvalue weighted by molar-refractivity contribution is -0.384. The van der Waals surface area contributed by atoms with Crippen molar-refractivity contribution in [2.45, 2.75) is 26.9 Å². The Morgan fingerprint density at radius 3 is 2.35 bits per heavy atom. The van der Waals surface area contributed by atoms with Gasteiger partial charge in [0.2, 0.25) is 0 Å². The molecule has 2 N–H and O–H groups in total. The molecule has 2 amide bonds. The molecule has 0 fully saturated rings. The van der Waals surface area contributed by atoms with Gasteiger partial charge in [-0.3, -0.25) is 30.6 Å². The first-order valence-corrected chi connectivity index (χ1v) is 7.87. The Kier molecular flexibility index (Phi) is 5.90. The molecule has 0 radical (unpaired) electrons. The summed E-state index contributed by atoms with van der Waals surface area (Å²) < 4.78 is 5.63. The number of nitro benzene ring substituents is 1. The topological polar surface area (TPSA) is 111 Å². The summed E-state index contributed by atoms with van der Waals surface area (Å²) in [5, 5.41) is 10.6. The first kappa shape index (κ1) is 18.9. The number of hydrogen-bond acceptors (Lipinski definition) is 5. The summed E-state index contributed by atoms with van der Waals surface area (Å²) in [6.07, 6.45) is -0.826. The molecule has 0 saturated carbocycles. The molecule has 0 aromatic heterocycles. The van der Waals surface area contributed by atoms with Crippen molar-refractivity contribution in [3.05, 3.63) is 69.3 Å². The molecule has 136 valence electrons. The van der Waals surface area contributed by atoms with Gasteiger partial charge in [0.05, 0.1) is 4.92 Å². The molecule has 2 rings (SSSR count). The zero-order valence-corrected chi connectivity index (χ0v) is 14.6. The van der Waals surface area contributed by atoms with Gasteiger partial charge < -0.3 is 4.74 Å². The molecule has 0 aliphatic rings. The van der Waals surface area contributed by atoms with Gasteiger partial charge in [0.25, 0.3) is 17.5 Å². The largest absolute Gasteiger partial charge is 0.481 e. The second-order valence-corrected chi connectivity index (χ2v) is 5.71. The van der Waals surface area contributed by atoms with Crippen LogP contribution in [-0.4, -0.2) is 22.8 Å². The van der Waals surface area contributed by atoms with E-state index in [1.807, 2.05) is 26.0 Å². The van der Waals surface area contributed by atoms with Crippen LogP contribution in [0.15, 0.2) is 42.5 Å². The Labute approximate surface area is 150 Å². The predicted octanol–water partition coefficient (Wildman–Crippen LogP) is 2.44. The Balaban J connectivity index is 1.91. The number of carbonyl (C=O) groups is 2. The Morgan fingerprint density at radius 1 is 1.08 bits per heavy atom. The van der Waals surface area contributed by atoms with Crippen LogP contribution < -0.4 is 15.6 Å². The lowest BCUT2D eigenvalue weighted by Crippen LogP contribution is -2.47. The number of carbonyl (C=O) groups excluding carboxylic acids is 2. The third kappa shape index (κ3) is 4.56. The predicted molar refractivity (Wildman–Crippen MR) is 94.7 cm³/mol. The number of nitro groups is 1. The summed E-state index contributed by atoms with van der Waals surface area (Å²) in [6.45, 7) is 5.40. The van der Waals surface area contributed by atoms with E-state index in [0.29, 0.717) is 5.75 Å². The number of nitrogens with one attached hydrogen (secondary N) is 2. The molecule has 0 unspecified atom stereocenters. The molecule has 1 atom stereocenters. The number of non-ortho nitro benzene ring substituents is 1.